The summed E-state index contributed by atoms with van der Waals surface area (Å²) in [5.41, 5.74) is 1.63. The van der Waals surface area contributed by atoms with Crippen LogP contribution in [-0.2, 0) is 0 Å². The van der Waals surface area contributed by atoms with Crippen molar-refractivity contribution >= 4 is 11.6 Å². The van der Waals surface area contributed by atoms with E-state index >= 15 is 0 Å². The van der Waals surface area contributed by atoms with Gasteiger partial charge in [0.2, 0.25) is 0 Å². The first kappa shape index (κ1) is 16.4. The smallest absolute Gasteiger partial charge is 0.322 e. The topological polar surface area (TPSA) is 84.0 Å². The van der Waals surface area contributed by atoms with Crippen molar-refractivity contribution in [3.63, 3.8) is 0 Å². The van der Waals surface area contributed by atoms with Gasteiger partial charge in [-0.1, -0.05) is 35.4 Å². The molecule has 0 aliphatic heterocycles. The standard InChI is InChI=1S/C19H17N3O3/c1-12-3-7-14(8-4-12)21-17(23)16-11-20-19(25)22(18(16)24)15-9-5-13(2)6-10-15/h3-11H,1-2H3,(H,20,25)(H,21,23). The van der Waals surface area contributed by atoms with E-state index in [2.05, 4.69) is 10.3 Å². The van der Waals surface area contributed by atoms with E-state index in [9.17, 15) is 14.4 Å². The molecule has 0 aliphatic rings. The summed E-state index contributed by atoms with van der Waals surface area (Å²) in [6.45, 7) is 3.84. The molecule has 6 heteroatoms. The lowest BCUT2D eigenvalue weighted by Crippen LogP contribution is -2.38. The molecule has 1 amide bonds. The number of aryl methyl sites for hydroxylation is 2. The van der Waals surface area contributed by atoms with Gasteiger partial charge in [0.05, 0.1) is 5.69 Å². The third-order valence-corrected chi connectivity index (χ3v) is 3.82. The molecule has 1 aromatic heterocycles. The fourth-order valence-electron chi connectivity index (χ4n) is 2.40. The van der Waals surface area contributed by atoms with Crippen LogP contribution >= 0.6 is 0 Å². The van der Waals surface area contributed by atoms with Gasteiger partial charge < -0.3 is 10.3 Å². The zero-order valence-electron chi connectivity index (χ0n) is 13.9. The number of carbonyl (C=O) groups excluding carboxylic acids is 1. The average molecular weight is 335 g/mol. The van der Waals surface area contributed by atoms with Crippen molar-refractivity contribution in [2.24, 2.45) is 0 Å². The number of anilines is 1. The summed E-state index contributed by atoms with van der Waals surface area (Å²) < 4.78 is 0.948. The van der Waals surface area contributed by atoms with E-state index in [1.54, 1.807) is 36.4 Å². The lowest BCUT2D eigenvalue weighted by Gasteiger charge is -2.08. The maximum Gasteiger partial charge on any atom is 0.333 e. The van der Waals surface area contributed by atoms with Crippen molar-refractivity contribution in [1.82, 2.24) is 9.55 Å². The Hall–Kier alpha value is -3.41. The van der Waals surface area contributed by atoms with Crippen molar-refractivity contribution < 1.29 is 4.79 Å². The third-order valence-electron chi connectivity index (χ3n) is 3.82. The summed E-state index contributed by atoms with van der Waals surface area (Å²) in [7, 11) is 0. The second-order valence-electron chi connectivity index (χ2n) is 5.80. The van der Waals surface area contributed by atoms with Crippen LogP contribution in [0.5, 0.6) is 0 Å². The number of rotatable bonds is 3. The number of nitrogens with zero attached hydrogens (tertiary/aromatic N) is 1. The highest BCUT2D eigenvalue weighted by molar-refractivity contribution is 6.03. The molecule has 126 valence electrons. The van der Waals surface area contributed by atoms with Crippen molar-refractivity contribution in [2.45, 2.75) is 13.8 Å². The first-order chi connectivity index (χ1) is 12.0. The van der Waals surface area contributed by atoms with Crippen LogP contribution in [0, 0.1) is 13.8 Å². The number of aromatic amines is 1. The predicted molar refractivity (Wildman–Crippen MR) is 96.5 cm³/mol. The SMILES string of the molecule is Cc1ccc(NC(=O)c2c[nH]c(=O)n(-c3ccc(C)cc3)c2=O)cc1. The fraction of sp³-hybridized carbons (Fsp3) is 0.105. The van der Waals surface area contributed by atoms with Crippen LogP contribution in [0.3, 0.4) is 0 Å². The summed E-state index contributed by atoms with van der Waals surface area (Å²) in [5, 5.41) is 2.66. The maximum absolute atomic E-state index is 12.6. The van der Waals surface area contributed by atoms with Crippen molar-refractivity contribution in [1.29, 1.82) is 0 Å². The molecule has 2 aromatic carbocycles. The summed E-state index contributed by atoms with van der Waals surface area (Å²) in [6, 6.07) is 14.1. The quantitative estimate of drug-likeness (QED) is 0.771. The minimum atomic E-state index is -0.669. The van der Waals surface area contributed by atoms with Crippen LogP contribution in [0.15, 0.2) is 64.3 Å². The normalized spacial score (nSPS) is 10.5. The van der Waals surface area contributed by atoms with Gasteiger partial charge >= 0.3 is 5.69 Å². The number of H-pyrrole nitrogens is 1. The third kappa shape index (κ3) is 3.42. The second kappa shape index (κ2) is 6.60. The molecule has 0 aliphatic carbocycles. The Bertz CT molecular complexity index is 1030. The largest absolute Gasteiger partial charge is 0.333 e. The predicted octanol–water partition coefficient (Wildman–Crippen LogP) is 2.39. The Balaban J connectivity index is 2.00. The molecular formula is C19H17N3O3. The van der Waals surface area contributed by atoms with Crippen LogP contribution in [0.4, 0.5) is 5.69 Å². The highest BCUT2D eigenvalue weighted by Crippen LogP contribution is 2.10. The zero-order chi connectivity index (χ0) is 18.0. The van der Waals surface area contributed by atoms with Gasteiger partial charge in [-0.2, -0.15) is 0 Å². The molecule has 3 aromatic rings. The minimum absolute atomic E-state index is 0.138. The number of carbonyl (C=O) groups is 1. The van der Waals surface area contributed by atoms with E-state index < -0.39 is 17.2 Å². The highest BCUT2D eigenvalue weighted by atomic mass is 16.2. The van der Waals surface area contributed by atoms with Gasteiger partial charge in [0.1, 0.15) is 5.56 Å². The van der Waals surface area contributed by atoms with E-state index in [0.717, 1.165) is 21.9 Å². The van der Waals surface area contributed by atoms with Crippen molar-refractivity contribution in [3.8, 4) is 5.69 Å². The number of hydrogen-bond acceptors (Lipinski definition) is 3. The number of benzene rings is 2. The van der Waals surface area contributed by atoms with Gasteiger partial charge in [-0.15, -0.1) is 0 Å². The van der Waals surface area contributed by atoms with Gasteiger partial charge in [-0.05, 0) is 38.1 Å². The van der Waals surface area contributed by atoms with Gasteiger partial charge in [0.15, 0.2) is 0 Å². The number of hydrogen-bond donors (Lipinski definition) is 2. The molecule has 0 radical (unpaired) electrons. The van der Waals surface area contributed by atoms with Crippen LogP contribution < -0.4 is 16.6 Å². The molecule has 0 saturated heterocycles. The highest BCUT2D eigenvalue weighted by Gasteiger charge is 2.16. The van der Waals surface area contributed by atoms with Crippen LogP contribution in [0.2, 0.25) is 0 Å². The van der Waals surface area contributed by atoms with Crippen molar-refractivity contribution in [3.05, 3.63) is 92.3 Å². The van der Waals surface area contributed by atoms with Crippen LogP contribution in [0.1, 0.15) is 21.5 Å². The van der Waals surface area contributed by atoms with E-state index in [-0.39, 0.29) is 5.56 Å². The summed E-state index contributed by atoms with van der Waals surface area (Å²) in [6.07, 6.45) is 1.14. The van der Waals surface area contributed by atoms with E-state index in [1.807, 2.05) is 26.0 Å². The molecule has 6 nitrogen and oxygen atoms in total. The number of amides is 1. The van der Waals surface area contributed by atoms with Crippen LogP contribution in [0.25, 0.3) is 5.69 Å². The Morgan fingerprint density at radius 2 is 1.48 bits per heavy atom. The summed E-state index contributed by atoms with van der Waals surface area (Å²) >= 11 is 0. The van der Waals surface area contributed by atoms with Gasteiger partial charge in [0.25, 0.3) is 11.5 Å². The summed E-state index contributed by atoms with van der Waals surface area (Å²) in [4.78, 5) is 39.6. The van der Waals surface area contributed by atoms with Crippen molar-refractivity contribution in [2.75, 3.05) is 5.32 Å². The number of aromatic nitrogens is 2. The lowest BCUT2D eigenvalue weighted by atomic mass is 10.2. The molecule has 3 rings (SSSR count). The average Bonchev–Trinajstić information content (AvgIpc) is 2.58. The minimum Gasteiger partial charge on any atom is -0.322 e. The molecule has 25 heavy (non-hydrogen) atoms. The maximum atomic E-state index is 12.6. The molecule has 2 N–H and O–H groups in total. The molecule has 0 fully saturated rings. The Labute approximate surface area is 143 Å². The molecule has 0 saturated carbocycles. The monoisotopic (exact) mass is 335 g/mol. The lowest BCUT2D eigenvalue weighted by molar-refractivity contribution is 0.102. The Morgan fingerprint density at radius 3 is 2.08 bits per heavy atom. The first-order valence-electron chi connectivity index (χ1n) is 7.75. The molecular weight excluding hydrogens is 318 g/mol. The van der Waals surface area contributed by atoms with Gasteiger partial charge in [0, 0.05) is 11.9 Å². The summed E-state index contributed by atoms with van der Waals surface area (Å²) in [5.74, 6) is -0.578. The Morgan fingerprint density at radius 1 is 0.920 bits per heavy atom. The fourth-order valence-corrected chi connectivity index (χ4v) is 2.40. The van der Waals surface area contributed by atoms with E-state index in [1.165, 1.54) is 0 Å². The molecule has 1 heterocycles. The molecule has 0 bridgehead atoms. The number of nitrogens with one attached hydrogen (secondary N) is 2. The van der Waals surface area contributed by atoms with Crippen LogP contribution in [-0.4, -0.2) is 15.5 Å². The van der Waals surface area contributed by atoms with Gasteiger partial charge in [-0.25, -0.2) is 9.36 Å². The zero-order valence-corrected chi connectivity index (χ0v) is 13.9. The van der Waals surface area contributed by atoms with Gasteiger partial charge in [-0.3, -0.25) is 9.59 Å². The second-order valence-corrected chi connectivity index (χ2v) is 5.80. The molecule has 0 spiro atoms. The molecule has 0 unspecified atom stereocenters. The first-order valence-corrected chi connectivity index (χ1v) is 7.75. The van der Waals surface area contributed by atoms with E-state index in [0.29, 0.717) is 11.4 Å². The molecule has 0 atom stereocenters. The van der Waals surface area contributed by atoms with E-state index in [4.69, 9.17) is 0 Å². The Kier molecular flexibility index (Phi) is 4.35.